The first-order valence-corrected chi connectivity index (χ1v) is 8.00. The summed E-state index contributed by atoms with van der Waals surface area (Å²) in [5, 5.41) is 19.5. The van der Waals surface area contributed by atoms with Crippen molar-refractivity contribution >= 4 is 40.1 Å². The summed E-state index contributed by atoms with van der Waals surface area (Å²) in [5.74, 6) is -2.83. The Morgan fingerprint density at radius 1 is 1.35 bits per heavy atom. The van der Waals surface area contributed by atoms with Crippen molar-refractivity contribution in [3.63, 3.8) is 0 Å². The fraction of sp³-hybridized carbons (Fsp3) is 0.600. The Kier molecular flexibility index (Phi) is 7.51. The van der Waals surface area contributed by atoms with Crippen LogP contribution in [-0.4, -0.2) is 65.3 Å². The van der Waals surface area contributed by atoms with Gasteiger partial charge in [0.15, 0.2) is 4.34 Å². The number of piperazine rings is 1. The van der Waals surface area contributed by atoms with E-state index in [1.807, 2.05) is 0 Å². The fourth-order valence-corrected chi connectivity index (χ4v) is 3.01. The minimum atomic E-state index is -5.08. The average Bonchev–Trinajstić information content (AvgIpc) is 2.94. The Morgan fingerprint density at radius 2 is 1.91 bits per heavy atom. The second-order valence-electron chi connectivity index (χ2n) is 4.15. The van der Waals surface area contributed by atoms with Crippen molar-refractivity contribution in [3.05, 3.63) is 0 Å². The molecule has 0 unspecified atom stereocenters. The number of amides is 1. The Labute approximate surface area is 137 Å². The minimum Gasteiger partial charge on any atom is -0.475 e. The molecule has 0 atom stereocenters. The highest BCUT2D eigenvalue weighted by molar-refractivity contribution is 8.01. The third-order valence-corrected chi connectivity index (χ3v) is 4.50. The van der Waals surface area contributed by atoms with Gasteiger partial charge in [0.2, 0.25) is 11.0 Å². The smallest absolute Gasteiger partial charge is 0.475 e. The van der Waals surface area contributed by atoms with Crippen LogP contribution in [0.3, 0.4) is 0 Å². The van der Waals surface area contributed by atoms with E-state index in [2.05, 4.69) is 20.4 Å². The number of hydrogen-bond donors (Lipinski definition) is 3. The predicted molar refractivity (Wildman–Crippen MR) is 78.6 cm³/mol. The number of carbonyl (C=O) groups excluding carboxylic acids is 1. The molecule has 0 saturated carbocycles. The number of nitrogens with two attached hydrogens (primary N) is 1. The molecule has 1 amide bonds. The molecule has 1 fully saturated rings. The average molecular weight is 373 g/mol. The molecule has 0 aliphatic carbocycles. The van der Waals surface area contributed by atoms with Crippen LogP contribution in [0.25, 0.3) is 0 Å². The lowest BCUT2D eigenvalue weighted by Gasteiger charge is -2.26. The third kappa shape index (κ3) is 7.47. The van der Waals surface area contributed by atoms with E-state index in [1.54, 1.807) is 0 Å². The first-order chi connectivity index (χ1) is 10.7. The van der Waals surface area contributed by atoms with Gasteiger partial charge >= 0.3 is 12.1 Å². The van der Waals surface area contributed by atoms with Gasteiger partial charge in [0.05, 0.1) is 5.75 Å². The molecule has 2 heterocycles. The van der Waals surface area contributed by atoms with E-state index < -0.39 is 12.1 Å². The number of alkyl halides is 3. The summed E-state index contributed by atoms with van der Waals surface area (Å²) in [6.45, 7) is 3.86. The van der Waals surface area contributed by atoms with Crippen LogP contribution in [0.2, 0.25) is 0 Å². The molecule has 0 spiro atoms. The van der Waals surface area contributed by atoms with Crippen molar-refractivity contribution in [2.45, 2.75) is 10.5 Å². The van der Waals surface area contributed by atoms with Gasteiger partial charge in [-0.1, -0.05) is 23.1 Å². The van der Waals surface area contributed by atoms with Crippen LogP contribution >= 0.6 is 23.1 Å². The molecule has 0 aromatic carbocycles. The van der Waals surface area contributed by atoms with Crippen molar-refractivity contribution < 1.29 is 27.9 Å². The lowest BCUT2D eigenvalue weighted by molar-refractivity contribution is -0.192. The Balaban J connectivity index is 0.000000322. The van der Waals surface area contributed by atoms with Crippen LogP contribution < -0.4 is 16.0 Å². The highest BCUT2D eigenvalue weighted by Crippen LogP contribution is 2.27. The number of primary amides is 1. The van der Waals surface area contributed by atoms with Crippen LogP contribution in [0.5, 0.6) is 0 Å². The largest absolute Gasteiger partial charge is 0.490 e. The summed E-state index contributed by atoms with van der Waals surface area (Å²) in [6.07, 6.45) is -5.08. The molecule has 1 aliphatic rings. The normalized spacial score (nSPS) is 14.8. The van der Waals surface area contributed by atoms with Crippen LogP contribution in [0.1, 0.15) is 0 Å². The van der Waals surface area contributed by atoms with Gasteiger partial charge in [0.25, 0.3) is 0 Å². The number of rotatable bonds is 4. The number of nitrogens with zero attached hydrogens (tertiary/aromatic N) is 3. The number of carboxylic acids is 1. The molecule has 130 valence electrons. The van der Waals surface area contributed by atoms with Crippen LogP contribution in [-0.2, 0) is 9.59 Å². The molecular formula is C10H14F3N5O3S2. The van der Waals surface area contributed by atoms with Crippen molar-refractivity contribution in [1.82, 2.24) is 15.5 Å². The zero-order valence-corrected chi connectivity index (χ0v) is 13.3. The second-order valence-corrected chi connectivity index (χ2v) is 6.32. The number of aromatic nitrogens is 2. The SMILES string of the molecule is NC(=O)CSc1nnc(N2CCNCC2)s1.O=C(O)C(F)(F)F. The Morgan fingerprint density at radius 3 is 2.39 bits per heavy atom. The first kappa shape index (κ1) is 19.4. The molecule has 1 aliphatic heterocycles. The first-order valence-electron chi connectivity index (χ1n) is 6.20. The summed E-state index contributed by atoms with van der Waals surface area (Å²) in [6, 6.07) is 0. The molecule has 1 aromatic heterocycles. The summed E-state index contributed by atoms with van der Waals surface area (Å²) in [4.78, 5) is 21.7. The number of halogens is 3. The molecule has 13 heteroatoms. The number of carbonyl (C=O) groups is 2. The Bertz CT molecular complexity index is 534. The van der Waals surface area contributed by atoms with Crippen molar-refractivity contribution in [2.24, 2.45) is 5.73 Å². The fourth-order valence-electron chi connectivity index (χ4n) is 1.38. The van der Waals surface area contributed by atoms with Gasteiger partial charge in [0, 0.05) is 26.2 Å². The lowest BCUT2D eigenvalue weighted by atomic mass is 10.4. The van der Waals surface area contributed by atoms with Crippen LogP contribution in [0.4, 0.5) is 18.3 Å². The highest BCUT2D eigenvalue weighted by Gasteiger charge is 2.38. The van der Waals surface area contributed by atoms with Gasteiger partial charge in [-0.25, -0.2) is 4.79 Å². The number of thioether (sulfide) groups is 1. The summed E-state index contributed by atoms with van der Waals surface area (Å²) >= 11 is 2.85. The number of hydrogen-bond acceptors (Lipinski definition) is 8. The number of nitrogens with one attached hydrogen (secondary N) is 1. The number of aliphatic carboxylic acids is 1. The van der Waals surface area contributed by atoms with Gasteiger partial charge in [-0.05, 0) is 0 Å². The topological polar surface area (TPSA) is 121 Å². The summed E-state index contributed by atoms with van der Waals surface area (Å²) < 4.78 is 32.5. The van der Waals surface area contributed by atoms with Gasteiger partial charge in [0.1, 0.15) is 0 Å². The van der Waals surface area contributed by atoms with Crippen LogP contribution in [0, 0.1) is 0 Å². The molecule has 2 rings (SSSR count). The zero-order chi connectivity index (χ0) is 17.5. The van der Waals surface area contributed by atoms with Gasteiger partial charge < -0.3 is 21.1 Å². The Hall–Kier alpha value is -1.60. The maximum atomic E-state index is 10.6. The third-order valence-electron chi connectivity index (χ3n) is 2.36. The van der Waals surface area contributed by atoms with Gasteiger partial charge in [-0.2, -0.15) is 13.2 Å². The molecule has 0 bridgehead atoms. The van der Waals surface area contributed by atoms with Crippen LogP contribution in [0.15, 0.2) is 4.34 Å². The van der Waals surface area contributed by atoms with E-state index in [1.165, 1.54) is 23.1 Å². The van der Waals surface area contributed by atoms with Gasteiger partial charge in [-0.15, -0.1) is 10.2 Å². The lowest BCUT2D eigenvalue weighted by Crippen LogP contribution is -2.43. The monoisotopic (exact) mass is 373 g/mol. The number of anilines is 1. The van der Waals surface area contributed by atoms with E-state index in [4.69, 9.17) is 15.6 Å². The zero-order valence-electron chi connectivity index (χ0n) is 11.7. The maximum Gasteiger partial charge on any atom is 0.490 e. The molecule has 0 radical (unpaired) electrons. The van der Waals surface area contributed by atoms with Crippen molar-refractivity contribution in [2.75, 3.05) is 36.8 Å². The molecule has 4 N–H and O–H groups in total. The summed E-state index contributed by atoms with van der Waals surface area (Å²) in [5.41, 5.74) is 5.07. The maximum absolute atomic E-state index is 10.6. The molecule has 23 heavy (non-hydrogen) atoms. The highest BCUT2D eigenvalue weighted by atomic mass is 32.2. The van der Waals surface area contributed by atoms with E-state index in [0.29, 0.717) is 0 Å². The standard InChI is InChI=1S/C8H13N5OS2.C2HF3O2/c9-6(14)5-15-8-12-11-7(16-8)13-3-1-10-2-4-13;3-2(4,5)1(6)7/h10H,1-5H2,(H2,9,14);(H,6,7). The number of carboxylic acid groups (broad SMARTS) is 1. The molecule has 1 saturated heterocycles. The van der Waals surface area contributed by atoms with Gasteiger partial charge in [-0.3, -0.25) is 4.79 Å². The predicted octanol–water partition coefficient (Wildman–Crippen LogP) is 0.158. The van der Waals surface area contributed by atoms with E-state index >= 15 is 0 Å². The molecule has 8 nitrogen and oxygen atoms in total. The van der Waals surface area contributed by atoms with E-state index in [0.717, 1.165) is 35.7 Å². The van der Waals surface area contributed by atoms with E-state index in [-0.39, 0.29) is 11.7 Å². The summed E-state index contributed by atoms with van der Waals surface area (Å²) in [7, 11) is 0. The van der Waals surface area contributed by atoms with E-state index in [9.17, 15) is 18.0 Å². The van der Waals surface area contributed by atoms with Crippen molar-refractivity contribution in [1.29, 1.82) is 0 Å². The molecular weight excluding hydrogens is 359 g/mol. The quantitative estimate of drug-likeness (QED) is 0.638. The molecule has 1 aromatic rings. The minimum absolute atomic E-state index is 0.260. The second kappa shape index (κ2) is 8.88. The van der Waals surface area contributed by atoms with Crippen molar-refractivity contribution in [3.8, 4) is 0 Å².